The number of carbonyl (C=O) groups excluding carboxylic acids is 1. The van der Waals surface area contributed by atoms with Crippen LogP contribution in [0.3, 0.4) is 0 Å². The number of carbonyl (C=O) groups is 1. The van der Waals surface area contributed by atoms with Gasteiger partial charge in [0.2, 0.25) is 15.9 Å². The molecule has 1 aromatic rings. The molecule has 1 fully saturated rings. The predicted molar refractivity (Wildman–Crippen MR) is 87.1 cm³/mol. The molecule has 0 unspecified atom stereocenters. The number of halogens is 1. The Hall–Kier alpha value is -1.11. The molecule has 7 heteroatoms. The van der Waals surface area contributed by atoms with Crippen molar-refractivity contribution >= 4 is 27.5 Å². The summed E-state index contributed by atoms with van der Waals surface area (Å²) in [6, 6.07) is 6.96. The van der Waals surface area contributed by atoms with Gasteiger partial charge in [-0.3, -0.25) is 4.79 Å². The normalized spacial score (nSPS) is 17.4. The van der Waals surface area contributed by atoms with E-state index >= 15 is 0 Å². The Labute approximate surface area is 136 Å². The highest BCUT2D eigenvalue weighted by Gasteiger charge is 2.31. The molecule has 1 N–H and O–H groups in total. The average molecular weight is 345 g/mol. The van der Waals surface area contributed by atoms with Gasteiger partial charge >= 0.3 is 0 Å². The zero-order valence-electron chi connectivity index (χ0n) is 12.6. The lowest BCUT2D eigenvalue weighted by molar-refractivity contribution is -0.126. The van der Waals surface area contributed by atoms with Gasteiger partial charge in [-0.15, -0.1) is 0 Å². The molecule has 1 saturated heterocycles. The van der Waals surface area contributed by atoms with Gasteiger partial charge < -0.3 is 5.32 Å². The summed E-state index contributed by atoms with van der Waals surface area (Å²) in [5, 5.41) is 3.25. The highest BCUT2D eigenvalue weighted by Crippen LogP contribution is 2.24. The molecule has 1 aliphatic heterocycles. The molecule has 0 atom stereocenters. The summed E-state index contributed by atoms with van der Waals surface area (Å²) >= 11 is 6.03. The van der Waals surface area contributed by atoms with Gasteiger partial charge in [-0.2, -0.15) is 0 Å². The third-order valence-electron chi connectivity index (χ3n) is 3.86. The summed E-state index contributed by atoms with van der Waals surface area (Å²) in [6.45, 7) is 3.24. The molecule has 122 valence electrons. The van der Waals surface area contributed by atoms with Crippen molar-refractivity contribution in [2.75, 3.05) is 19.6 Å². The Bertz CT molecular complexity index is 625. The number of sulfonamides is 1. The number of hydrogen-bond donors (Lipinski definition) is 1. The second-order valence-corrected chi connectivity index (χ2v) is 7.79. The van der Waals surface area contributed by atoms with Gasteiger partial charge in [0.1, 0.15) is 0 Å². The zero-order valence-corrected chi connectivity index (χ0v) is 14.2. The quantitative estimate of drug-likeness (QED) is 0.888. The van der Waals surface area contributed by atoms with Gasteiger partial charge in [0.15, 0.2) is 0 Å². The lowest BCUT2D eigenvalue weighted by Crippen LogP contribution is -2.43. The molecule has 2 rings (SSSR count). The zero-order chi connectivity index (χ0) is 16.2. The van der Waals surface area contributed by atoms with E-state index in [1.165, 1.54) is 4.31 Å². The molecule has 5 nitrogen and oxygen atoms in total. The highest BCUT2D eigenvalue weighted by atomic mass is 35.5. The van der Waals surface area contributed by atoms with E-state index in [0.717, 1.165) is 0 Å². The Balaban J connectivity index is 1.98. The van der Waals surface area contributed by atoms with E-state index < -0.39 is 10.0 Å². The van der Waals surface area contributed by atoms with Crippen LogP contribution in [-0.4, -0.2) is 38.3 Å². The number of nitrogens with zero attached hydrogens (tertiary/aromatic N) is 1. The summed E-state index contributed by atoms with van der Waals surface area (Å²) in [5.41, 5.74) is 0.606. The molecule has 1 heterocycles. The van der Waals surface area contributed by atoms with E-state index in [1.807, 2.05) is 6.92 Å². The minimum atomic E-state index is -3.40. The molecular formula is C15H21ClN2O3S. The SMILES string of the molecule is CCNC(=O)C1CCN(S(=O)(=O)Cc2ccccc2Cl)CC1. The second-order valence-electron chi connectivity index (χ2n) is 5.42. The van der Waals surface area contributed by atoms with Crippen LogP contribution >= 0.6 is 11.6 Å². The molecule has 1 aromatic carbocycles. The maximum Gasteiger partial charge on any atom is 0.223 e. The van der Waals surface area contributed by atoms with Crippen molar-refractivity contribution < 1.29 is 13.2 Å². The van der Waals surface area contributed by atoms with Crippen LogP contribution in [0.25, 0.3) is 0 Å². The van der Waals surface area contributed by atoms with E-state index in [0.29, 0.717) is 43.1 Å². The monoisotopic (exact) mass is 344 g/mol. The van der Waals surface area contributed by atoms with Crippen LogP contribution in [0, 0.1) is 5.92 Å². The van der Waals surface area contributed by atoms with E-state index in [1.54, 1.807) is 24.3 Å². The molecule has 0 spiro atoms. The Morgan fingerprint density at radius 1 is 1.32 bits per heavy atom. The number of rotatable bonds is 5. The summed E-state index contributed by atoms with van der Waals surface area (Å²) < 4.78 is 26.4. The molecule has 22 heavy (non-hydrogen) atoms. The summed E-state index contributed by atoms with van der Waals surface area (Å²) in [5.74, 6) is -0.171. The Morgan fingerprint density at radius 3 is 2.55 bits per heavy atom. The second kappa shape index (κ2) is 7.44. The molecular weight excluding hydrogens is 324 g/mol. The maximum atomic E-state index is 12.5. The average Bonchev–Trinajstić information content (AvgIpc) is 2.50. The lowest BCUT2D eigenvalue weighted by atomic mass is 9.97. The van der Waals surface area contributed by atoms with Gasteiger partial charge in [0.25, 0.3) is 0 Å². The van der Waals surface area contributed by atoms with Crippen LogP contribution < -0.4 is 5.32 Å². The van der Waals surface area contributed by atoms with Crippen molar-refractivity contribution in [1.82, 2.24) is 9.62 Å². The van der Waals surface area contributed by atoms with Crippen LogP contribution in [0.1, 0.15) is 25.3 Å². The number of amides is 1. The number of hydrogen-bond acceptors (Lipinski definition) is 3. The molecule has 0 aromatic heterocycles. The molecule has 0 saturated carbocycles. The van der Waals surface area contributed by atoms with Crippen molar-refractivity contribution in [1.29, 1.82) is 0 Å². The van der Waals surface area contributed by atoms with E-state index in [-0.39, 0.29) is 17.6 Å². The van der Waals surface area contributed by atoms with Crippen molar-refractivity contribution in [3.8, 4) is 0 Å². The fourth-order valence-corrected chi connectivity index (χ4v) is 4.49. The summed E-state index contributed by atoms with van der Waals surface area (Å²) in [7, 11) is -3.40. The van der Waals surface area contributed by atoms with Crippen LogP contribution in [0.5, 0.6) is 0 Å². The fourth-order valence-electron chi connectivity index (χ4n) is 2.62. The van der Waals surface area contributed by atoms with Crippen molar-refractivity contribution in [2.45, 2.75) is 25.5 Å². The van der Waals surface area contributed by atoms with E-state index in [4.69, 9.17) is 11.6 Å². The summed E-state index contributed by atoms with van der Waals surface area (Å²) in [6.07, 6.45) is 1.13. The first-order valence-corrected chi connectivity index (χ1v) is 9.41. The molecule has 0 aliphatic carbocycles. The van der Waals surface area contributed by atoms with Crippen molar-refractivity contribution in [3.63, 3.8) is 0 Å². The first-order valence-electron chi connectivity index (χ1n) is 7.43. The lowest BCUT2D eigenvalue weighted by Gasteiger charge is -2.30. The summed E-state index contributed by atoms with van der Waals surface area (Å²) in [4.78, 5) is 11.8. The molecule has 0 radical (unpaired) electrons. The number of benzene rings is 1. The topological polar surface area (TPSA) is 66.5 Å². The minimum Gasteiger partial charge on any atom is -0.356 e. The Kier molecular flexibility index (Phi) is 5.83. The van der Waals surface area contributed by atoms with Crippen LogP contribution in [-0.2, 0) is 20.6 Å². The van der Waals surface area contributed by atoms with Gasteiger partial charge in [-0.25, -0.2) is 12.7 Å². The standard InChI is InChI=1S/C15H21ClN2O3S/c1-2-17-15(19)12-7-9-18(10-8-12)22(20,21)11-13-5-3-4-6-14(13)16/h3-6,12H,2,7-11H2,1H3,(H,17,19). The van der Waals surface area contributed by atoms with E-state index in [9.17, 15) is 13.2 Å². The van der Waals surface area contributed by atoms with Gasteiger partial charge in [-0.1, -0.05) is 29.8 Å². The third kappa shape index (κ3) is 4.21. The smallest absolute Gasteiger partial charge is 0.223 e. The maximum absolute atomic E-state index is 12.5. The van der Waals surface area contributed by atoms with Crippen molar-refractivity contribution in [2.24, 2.45) is 5.92 Å². The van der Waals surface area contributed by atoms with Crippen molar-refractivity contribution in [3.05, 3.63) is 34.9 Å². The largest absolute Gasteiger partial charge is 0.356 e. The van der Waals surface area contributed by atoms with Crippen LogP contribution in [0.2, 0.25) is 5.02 Å². The highest BCUT2D eigenvalue weighted by molar-refractivity contribution is 7.88. The van der Waals surface area contributed by atoms with Crippen LogP contribution in [0.4, 0.5) is 0 Å². The van der Waals surface area contributed by atoms with E-state index in [2.05, 4.69) is 5.32 Å². The van der Waals surface area contributed by atoms with Gasteiger partial charge in [-0.05, 0) is 31.4 Å². The first kappa shape index (κ1) is 17.2. The van der Waals surface area contributed by atoms with Crippen LogP contribution in [0.15, 0.2) is 24.3 Å². The van der Waals surface area contributed by atoms with Gasteiger partial charge in [0.05, 0.1) is 5.75 Å². The number of piperidine rings is 1. The molecule has 1 amide bonds. The first-order chi connectivity index (χ1) is 10.4. The Morgan fingerprint density at radius 2 is 1.95 bits per heavy atom. The van der Waals surface area contributed by atoms with Gasteiger partial charge in [0, 0.05) is 30.6 Å². The predicted octanol–water partition coefficient (Wildman–Crippen LogP) is 2.02. The molecule has 1 aliphatic rings. The third-order valence-corrected chi connectivity index (χ3v) is 6.06. The molecule has 0 bridgehead atoms. The number of nitrogens with one attached hydrogen (secondary N) is 1. The fraction of sp³-hybridized carbons (Fsp3) is 0.533. The minimum absolute atomic E-state index is 0.0191.